The molecular weight excluding hydrogens is 182 g/mol. The van der Waals surface area contributed by atoms with E-state index < -0.39 is 0 Å². The van der Waals surface area contributed by atoms with Crippen molar-refractivity contribution in [1.82, 2.24) is 4.90 Å². The Kier molecular flexibility index (Phi) is 4.59. The van der Waals surface area contributed by atoms with Gasteiger partial charge in [0, 0.05) is 26.0 Å². The third-order valence-corrected chi connectivity index (χ3v) is 2.42. The Labute approximate surface area is 83.9 Å². The first-order valence-electron chi connectivity index (χ1n) is 5.20. The molecule has 1 aliphatic heterocycles. The molecule has 14 heavy (non-hydrogen) atoms. The molecule has 2 amide bonds. The lowest BCUT2D eigenvalue weighted by molar-refractivity contribution is -0.143. The fourth-order valence-electron chi connectivity index (χ4n) is 1.59. The summed E-state index contributed by atoms with van der Waals surface area (Å²) in [6.07, 6.45) is 3.98. The zero-order valence-corrected chi connectivity index (χ0v) is 8.37. The number of carbonyl (C=O) groups is 2. The van der Waals surface area contributed by atoms with Gasteiger partial charge in [0.2, 0.25) is 11.8 Å². The largest absolute Gasteiger partial charge is 0.396 e. The highest BCUT2D eigenvalue weighted by Gasteiger charge is 2.22. The Morgan fingerprint density at radius 3 is 2.14 bits per heavy atom. The molecule has 0 aromatic carbocycles. The van der Waals surface area contributed by atoms with Crippen molar-refractivity contribution in [1.29, 1.82) is 0 Å². The summed E-state index contributed by atoms with van der Waals surface area (Å²) >= 11 is 0. The number of aliphatic hydroxyl groups is 1. The molecule has 0 atom stereocenters. The summed E-state index contributed by atoms with van der Waals surface area (Å²) in [5, 5.41) is 8.59. The predicted molar refractivity (Wildman–Crippen MR) is 51.5 cm³/mol. The van der Waals surface area contributed by atoms with Gasteiger partial charge in [-0.25, -0.2) is 0 Å². The Bertz CT molecular complexity index is 197. The Morgan fingerprint density at radius 2 is 1.64 bits per heavy atom. The van der Waals surface area contributed by atoms with Crippen molar-refractivity contribution in [2.45, 2.75) is 38.5 Å². The summed E-state index contributed by atoms with van der Waals surface area (Å²) in [6.45, 7) is 0.592. The van der Waals surface area contributed by atoms with Gasteiger partial charge in [-0.1, -0.05) is 0 Å². The van der Waals surface area contributed by atoms with Gasteiger partial charge in [-0.2, -0.15) is 0 Å². The van der Waals surface area contributed by atoms with Crippen LogP contribution >= 0.6 is 0 Å². The van der Waals surface area contributed by atoms with E-state index in [4.69, 9.17) is 5.11 Å². The van der Waals surface area contributed by atoms with E-state index in [9.17, 15) is 9.59 Å². The van der Waals surface area contributed by atoms with Crippen LogP contribution in [0.5, 0.6) is 0 Å². The van der Waals surface area contributed by atoms with Gasteiger partial charge >= 0.3 is 0 Å². The summed E-state index contributed by atoms with van der Waals surface area (Å²) < 4.78 is 0. The molecule has 0 aromatic rings. The summed E-state index contributed by atoms with van der Waals surface area (Å²) in [5.41, 5.74) is 0. The van der Waals surface area contributed by atoms with Gasteiger partial charge in [0.1, 0.15) is 0 Å². The Balaban J connectivity index is 2.44. The first-order chi connectivity index (χ1) is 6.75. The average Bonchev–Trinajstić information content (AvgIpc) is 2.32. The van der Waals surface area contributed by atoms with Gasteiger partial charge in [-0.15, -0.1) is 0 Å². The molecule has 1 N–H and O–H groups in total. The number of nitrogens with zero attached hydrogens (tertiary/aromatic N) is 1. The van der Waals surface area contributed by atoms with E-state index >= 15 is 0 Å². The van der Waals surface area contributed by atoms with E-state index in [2.05, 4.69) is 0 Å². The van der Waals surface area contributed by atoms with E-state index in [1.54, 1.807) is 0 Å². The van der Waals surface area contributed by atoms with Crippen molar-refractivity contribution in [2.75, 3.05) is 13.2 Å². The minimum atomic E-state index is -0.0505. The number of hydrogen-bond acceptors (Lipinski definition) is 3. The lowest BCUT2D eigenvalue weighted by Crippen LogP contribution is -2.35. The molecule has 1 saturated heterocycles. The standard InChI is InChI=1S/C10H17NO3/c12-8-4-3-7-11-9(13)5-1-2-6-10(11)14/h12H,1-8H2. The van der Waals surface area contributed by atoms with Crippen LogP contribution in [0.1, 0.15) is 38.5 Å². The first-order valence-corrected chi connectivity index (χ1v) is 5.20. The zero-order valence-electron chi connectivity index (χ0n) is 8.37. The van der Waals surface area contributed by atoms with Gasteiger partial charge in [-0.3, -0.25) is 14.5 Å². The maximum absolute atomic E-state index is 11.5. The number of aliphatic hydroxyl groups excluding tert-OH is 1. The molecule has 1 fully saturated rings. The van der Waals surface area contributed by atoms with E-state index in [1.807, 2.05) is 0 Å². The van der Waals surface area contributed by atoms with Crippen molar-refractivity contribution in [2.24, 2.45) is 0 Å². The predicted octanol–water partition coefficient (Wildman–Crippen LogP) is 0.688. The van der Waals surface area contributed by atoms with Gasteiger partial charge in [-0.05, 0) is 25.7 Å². The molecule has 1 rings (SSSR count). The second kappa shape index (κ2) is 5.75. The monoisotopic (exact) mass is 199 g/mol. The van der Waals surface area contributed by atoms with Gasteiger partial charge in [0.05, 0.1) is 0 Å². The number of carbonyl (C=O) groups excluding carboxylic acids is 2. The Morgan fingerprint density at radius 1 is 1.07 bits per heavy atom. The summed E-state index contributed by atoms with van der Waals surface area (Å²) in [5.74, 6) is -0.101. The highest BCUT2D eigenvalue weighted by atomic mass is 16.3. The van der Waals surface area contributed by atoms with Crippen LogP contribution in [0.25, 0.3) is 0 Å². The molecular formula is C10H17NO3. The van der Waals surface area contributed by atoms with Crippen LogP contribution in [-0.4, -0.2) is 35.0 Å². The third-order valence-electron chi connectivity index (χ3n) is 2.42. The van der Waals surface area contributed by atoms with Crippen molar-refractivity contribution in [3.63, 3.8) is 0 Å². The van der Waals surface area contributed by atoms with Crippen LogP contribution in [0.2, 0.25) is 0 Å². The number of rotatable bonds is 4. The van der Waals surface area contributed by atoms with E-state index in [1.165, 1.54) is 4.90 Å². The fourth-order valence-corrected chi connectivity index (χ4v) is 1.59. The molecule has 0 spiro atoms. The third kappa shape index (κ3) is 3.10. The van der Waals surface area contributed by atoms with Gasteiger partial charge in [0.25, 0.3) is 0 Å². The maximum Gasteiger partial charge on any atom is 0.229 e. The number of likely N-dealkylation sites (tertiary alicyclic amines) is 1. The Hall–Kier alpha value is -0.900. The highest BCUT2D eigenvalue weighted by Crippen LogP contribution is 2.13. The quantitative estimate of drug-likeness (QED) is 0.535. The molecule has 1 heterocycles. The lowest BCUT2D eigenvalue weighted by Gasteiger charge is -2.17. The fraction of sp³-hybridized carbons (Fsp3) is 0.800. The maximum atomic E-state index is 11.5. The second-order valence-electron chi connectivity index (χ2n) is 3.58. The SMILES string of the molecule is O=C1CCCCC(=O)N1CCCCO. The van der Waals surface area contributed by atoms with E-state index in [0.29, 0.717) is 32.2 Å². The second-order valence-corrected chi connectivity index (χ2v) is 3.58. The molecule has 4 nitrogen and oxygen atoms in total. The highest BCUT2D eigenvalue weighted by molar-refractivity contribution is 5.95. The normalized spacial score (nSPS) is 18.5. The van der Waals surface area contributed by atoms with Gasteiger partial charge < -0.3 is 5.11 Å². The average molecular weight is 199 g/mol. The number of hydrogen-bond donors (Lipinski definition) is 1. The van der Waals surface area contributed by atoms with E-state index in [0.717, 1.165) is 12.8 Å². The van der Waals surface area contributed by atoms with Crippen molar-refractivity contribution in [3.8, 4) is 0 Å². The van der Waals surface area contributed by atoms with Crippen LogP contribution in [0.15, 0.2) is 0 Å². The number of imide groups is 1. The molecule has 0 bridgehead atoms. The van der Waals surface area contributed by atoms with Crippen LogP contribution in [0, 0.1) is 0 Å². The summed E-state index contributed by atoms with van der Waals surface area (Å²) in [6, 6.07) is 0. The van der Waals surface area contributed by atoms with E-state index in [-0.39, 0.29) is 18.4 Å². The molecule has 0 radical (unpaired) electrons. The molecule has 1 aliphatic rings. The first kappa shape index (κ1) is 11.2. The number of amides is 2. The summed E-state index contributed by atoms with van der Waals surface area (Å²) in [7, 11) is 0. The molecule has 0 aromatic heterocycles. The van der Waals surface area contributed by atoms with Crippen LogP contribution in [0.4, 0.5) is 0 Å². The molecule has 80 valence electrons. The molecule has 4 heteroatoms. The topological polar surface area (TPSA) is 57.6 Å². The van der Waals surface area contributed by atoms with Crippen molar-refractivity contribution in [3.05, 3.63) is 0 Å². The van der Waals surface area contributed by atoms with Crippen LogP contribution < -0.4 is 0 Å². The molecule has 0 saturated carbocycles. The van der Waals surface area contributed by atoms with Crippen molar-refractivity contribution >= 4 is 11.8 Å². The van der Waals surface area contributed by atoms with Crippen LogP contribution in [0.3, 0.4) is 0 Å². The van der Waals surface area contributed by atoms with Crippen LogP contribution in [-0.2, 0) is 9.59 Å². The molecule has 0 aliphatic carbocycles. The minimum absolute atomic E-state index is 0.0505. The smallest absolute Gasteiger partial charge is 0.229 e. The zero-order chi connectivity index (χ0) is 10.4. The van der Waals surface area contributed by atoms with Crippen molar-refractivity contribution < 1.29 is 14.7 Å². The summed E-state index contributed by atoms with van der Waals surface area (Å²) in [4.78, 5) is 24.3. The van der Waals surface area contributed by atoms with Gasteiger partial charge in [0.15, 0.2) is 0 Å². The lowest BCUT2D eigenvalue weighted by atomic mass is 10.2. The number of unbranched alkanes of at least 4 members (excludes halogenated alkanes) is 1. The molecule has 0 unspecified atom stereocenters. The minimum Gasteiger partial charge on any atom is -0.396 e.